The second-order valence-electron chi connectivity index (χ2n) is 5.65. The molecule has 2 rings (SSSR count). The Morgan fingerprint density at radius 2 is 1.74 bits per heavy atom. The summed E-state index contributed by atoms with van der Waals surface area (Å²) in [5.41, 5.74) is 3.99. The first kappa shape index (κ1) is 17.0. The zero-order chi connectivity index (χ0) is 16.7. The number of nitro groups is 1. The molecule has 0 aliphatic heterocycles. The average Bonchev–Trinajstić information content (AvgIpc) is 2.54. The summed E-state index contributed by atoms with van der Waals surface area (Å²) in [7, 11) is 0. The lowest BCUT2D eigenvalue weighted by Crippen LogP contribution is -2.17. The molecule has 0 radical (unpaired) electrons. The van der Waals surface area contributed by atoms with E-state index in [9.17, 15) is 10.1 Å². The van der Waals surface area contributed by atoms with Crippen molar-refractivity contribution in [3.63, 3.8) is 0 Å². The van der Waals surface area contributed by atoms with E-state index in [0.29, 0.717) is 12.2 Å². The van der Waals surface area contributed by atoms with Crippen molar-refractivity contribution in [2.75, 3.05) is 18.4 Å². The van der Waals surface area contributed by atoms with Gasteiger partial charge in [-0.3, -0.25) is 10.1 Å². The Morgan fingerprint density at radius 1 is 1.04 bits per heavy atom. The van der Waals surface area contributed by atoms with Crippen LogP contribution < -0.4 is 10.6 Å². The molecule has 2 aromatic carbocycles. The summed E-state index contributed by atoms with van der Waals surface area (Å²) < 4.78 is 0. The van der Waals surface area contributed by atoms with Crippen molar-refractivity contribution in [2.45, 2.75) is 26.8 Å². The van der Waals surface area contributed by atoms with E-state index in [1.54, 1.807) is 6.07 Å². The van der Waals surface area contributed by atoms with Gasteiger partial charge in [-0.25, -0.2) is 0 Å². The highest BCUT2D eigenvalue weighted by molar-refractivity contribution is 5.64. The van der Waals surface area contributed by atoms with Gasteiger partial charge in [0.15, 0.2) is 0 Å². The van der Waals surface area contributed by atoms with E-state index < -0.39 is 0 Å². The van der Waals surface area contributed by atoms with Crippen LogP contribution in [0.3, 0.4) is 0 Å². The summed E-state index contributed by atoms with van der Waals surface area (Å²) in [6.45, 7) is 6.25. The van der Waals surface area contributed by atoms with Crippen LogP contribution in [0.15, 0.2) is 42.5 Å². The quantitative estimate of drug-likeness (QED) is 0.442. The number of hydrogen-bond donors (Lipinski definition) is 2. The van der Waals surface area contributed by atoms with Gasteiger partial charge in [-0.2, -0.15) is 0 Å². The molecule has 122 valence electrons. The Balaban J connectivity index is 1.78. The van der Waals surface area contributed by atoms with Gasteiger partial charge in [-0.15, -0.1) is 0 Å². The molecular formula is C18H23N3O2. The minimum absolute atomic E-state index is 0.144. The van der Waals surface area contributed by atoms with Crippen LogP contribution in [0.1, 0.15) is 23.1 Å². The summed E-state index contributed by atoms with van der Waals surface area (Å²) in [5, 5.41) is 17.7. The summed E-state index contributed by atoms with van der Waals surface area (Å²) >= 11 is 0. The normalized spacial score (nSPS) is 10.5. The number of rotatable bonds is 8. The molecule has 0 saturated heterocycles. The highest BCUT2D eigenvalue weighted by Gasteiger charge is 2.14. The maximum atomic E-state index is 11.1. The van der Waals surface area contributed by atoms with Crippen molar-refractivity contribution in [3.8, 4) is 0 Å². The van der Waals surface area contributed by atoms with E-state index in [1.807, 2.05) is 38.1 Å². The molecule has 0 aliphatic rings. The fourth-order valence-corrected chi connectivity index (χ4v) is 2.36. The fraction of sp³-hybridized carbons (Fsp3) is 0.333. The Bertz CT molecular complexity index is 657. The Kier molecular flexibility index (Phi) is 6.11. The lowest BCUT2D eigenvalue weighted by Gasteiger charge is -2.10. The molecule has 0 unspecified atom stereocenters. The number of hydrogen-bond acceptors (Lipinski definition) is 4. The van der Waals surface area contributed by atoms with Crippen molar-refractivity contribution in [1.29, 1.82) is 0 Å². The third-order valence-corrected chi connectivity index (χ3v) is 3.83. The third-order valence-electron chi connectivity index (χ3n) is 3.83. The SMILES string of the molecule is Cc1cc(NCCCNCc2ccccc2)c([N+](=O)[O-])cc1C. The van der Waals surface area contributed by atoms with Crippen molar-refractivity contribution < 1.29 is 4.92 Å². The van der Waals surface area contributed by atoms with Crippen molar-refractivity contribution in [2.24, 2.45) is 0 Å². The first-order valence-corrected chi connectivity index (χ1v) is 7.82. The van der Waals surface area contributed by atoms with E-state index in [4.69, 9.17) is 0 Å². The van der Waals surface area contributed by atoms with Gasteiger partial charge in [0.25, 0.3) is 5.69 Å². The summed E-state index contributed by atoms with van der Waals surface area (Å²) in [6, 6.07) is 13.7. The van der Waals surface area contributed by atoms with Gasteiger partial charge in [-0.1, -0.05) is 30.3 Å². The first-order valence-electron chi connectivity index (χ1n) is 7.82. The molecule has 0 bridgehead atoms. The number of aryl methyl sites for hydroxylation is 2. The third kappa shape index (κ3) is 5.07. The molecular weight excluding hydrogens is 290 g/mol. The van der Waals surface area contributed by atoms with Gasteiger partial charge in [0.2, 0.25) is 0 Å². The molecule has 0 aliphatic carbocycles. The molecule has 0 spiro atoms. The highest BCUT2D eigenvalue weighted by Crippen LogP contribution is 2.27. The maximum Gasteiger partial charge on any atom is 0.292 e. The van der Waals surface area contributed by atoms with Crippen LogP contribution in [0.2, 0.25) is 0 Å². The standard InChI is InChI=1S/C18H23N3O2/c1-14-11-17(18(21(22)23)12-15(14)2)20-10-6-9-19-13-16-7-4-3-5-8-16/h3-5,7-8,11-12,19-20H,6,9-10,13H2,1-2H3. The molecule has 0 saturated carbocycles. The summed E-state index contributed by atoms with van der Waals surface area (Å²) in [4.78, 5) is 10.8. The fourth-order valence-electron chi connectivity index (χ4n) is 2.36. The number of benzene rings is 2. The molecule has 5 heteroatoms. The van der Waals surface area contributed by atoms with Gasteiger partial charge < -0.3 is 10.6 Å². The molecule has 0 aromatic heterocycles. The average molecular weight is 313 g/mol. The first-order chi connectivity index (χ1) is 11.1. The van der Waals surface area contributed by atoms with Crippen molar-refractivity contribution in [1.82, 2.24) is 5.32 Å². The zero-order valence-electron chi connectivity index (χ0n) is 13.6. The Labute approximate surface area is 136 Å². The van der Waals surface area contributed by atoms with Gasteiger partial charge >= 0.3 is 0 Å². The second kappa shape index (κ2) is 8.29. The molecule has 0 heterocycles. The van der Waals surface area contributed by atoms with Crippen LogP contribution in [-0.2, 0) is 6.54 Å². The van der Waals surface area contributed by atoms with Crippen LogP contribution >= 0.6 is 0 Å². The molecule has 0 atom stereocenters. The molecule has 23 heavy (non-hydrogen) atoms. The van der Waals surface area contributed by atoms with Gasteiger partial charge in [0.1, 0.15) is 5.69 Å². The number of anilines is 1. The van der Waals surface area contributed by atoms with E-state index in [0.717, 1.165) is 30.6 Å². The van der Waals surface area contributed by atoms with E-state index in [-0.39, 0.29) is 10.6 Å². The van der Waals surface area contributed by atoms with Crippen LogP contribution in [0.5, 0.6) is 0 Å². The van der Waals surface area contributed by atoms with Crippen LogP contribution in [0.25, 0.3) is 0 Å². The van der Waals surface area contributed by atoms with E-state index >= 15 is 0 Å². The van der Waals surface area contributed by atoms with E-state index in [2.05, 4.69) is 22.8 Å². The summed E-state index contributed by atoms with van der Waals surface area (Å²) in [5.74, 6) is 0. The topological polar surface area (TPSA) is 67.2 Å². The highest BCUT2D eigenvalue weighted by atomic mass is 16.6. The minimum atomic E-state index is -0.331. The Morgan fingerprint density at radius 3 is 2.43 bits per heavy atom. The van der Waals surface area contributed by atoms with Crippen LogP contribution in [-0.4, -0.2) is 18.0 Å². The molecule has 0 amide bonds. The number of nitro benzene ring substituents is 1. The Hall–Kier alpha value is -2.40. The van der Waals surface area contributed by atoms with E-state index in [1.165, 1.54) is 5.56 Å². The van der Waals surface area contributed by atoms with Gasteiger partial charge in [0, 0.05) is 19.2 Å². The maximum absolute atomic E-state index is 11.1. The lowest BCUT2D eigenvalue weighted by atomic mass is 10.1. The van der Waals surface area contributed by atoms with Crippen molar-refractivity contribution in [3.05, 3.63) is 69.3 Å². The minimum Gasteiger partial charge on any atom is -0.379 e. The number of nitrogens with zero attached hydrogens (tertiary/aromatic N) is 1. The number of nitrogens with one attached hydrogen (secondary N) is 2. The van der Waals surface area contributed by atoms with Crippen LogP contribution in [0.4, 0.5) is 11.4 Å². The molecule has 2 aromatic rings. The smallest absolute Gasteiger partial charge is 0.292 e. The largest absolute Gasteiger partial charge is 0.379 e. The summed E-state index contributed by atoms with van der Waals surface area (Å²) in [6.07, 6.45) is 0.900. The zero-order valence-corrected chi connectivity index (χ0v) is 13.6. The lowest BCUT2D eigenvalue weighted by molar-refractivity contribution is -0.384. The molecule has 5 nitrogen and oxygen atoms in total. The van der Waals surface area contributed by atoms with Crippen LogP contribution in [0, 0.1) is 24.0 Å². The van der Waals surface area contributed by atoms with Gasteiger partial charge in [0.05, 0.1) is 4.92 Å². The molecule has 0 fully saturated rings. The monoisotopic (exact) mass is 313 g/mol. The predicted molar refractivity (Wildman–Crippen MR) is 93.8 cm³/mol. The molecule has 2 N–H and O–H groups in total. The van der Waals surface area contributed by atoms with Crippen molar-refractivity contribution >= 4 is 11.4 Å². The second-order valence-corrected chi connectivity index (χ2v) is 5.65. The predicted octanol–water partition coefficient (Wildman–Crippen LogP) is 3.80. The van der Waals surface area contributed by atoms with Gasteiger partial charge in [-0.05, 0) is 49.6 Å².